The number of nitrogens with zero attached hydrogens (tertiary/aromatic N) is 1. The molecular formula is C9H17N3S2. The Bertz CT molecular complexity index is 254. The molecule has 0 saturated carbocycles. The second-order valence-corrected chi connectivity index (χ2v) is 5.71. The number of nitrogens with two attached hydrogens (primary N) is 2. The van der Waals surface area contributed by atoms with Gasteiger partial charge in [0.2, 0.25) is 0 Å². The fourth-order valence-corrected chi connectivity index (χ4v) is 2.99. The highest BCUT2D eigenvalue weighted by Crippen LogP contribution is 2.36. The molecule has 0 aliphatic rings. The third kappa shape index (κ3) is 3.24. The van der Waals surface area contributed by atoms with Gasteiger partial charge in [-0.15, -0.1) is 23.1 Å². The Kier molecular flexibility index (Phi) is 4.37. The first-order valence-electron chi connectivity index (χ1n) is 4.54. The van der Waals surface area contributed by atoms with E-state index >= 15 is 0 Å². The van der Waals surface area contributed by atoms with Crippen molar-refractivity contribution in [3.8, 4) is 0 Å². The van der Waals surface area contributed by atoms with Crippen molar-refractivity contribution in [1.29, 1.82) is 0 Å². The van der Waals surface area contributed by atoms with Gasteiger partial charge in [-0.3, -0.25) is 0 Å². The number of rotatable bonds is 5. The maximum absolute atomic E-state index is 6.11. The molecule has 3 nitrogen and oxygen atoms in total. The zero-order chi connectivity index (χ0) is 10.6. The molecule has 0 aliphatic carbocycles. The van der Waals surface area contributed by atoms with Crippen LogP contribution in [0.5, 0.6) is 0 Å². The van der Waals surface area contributed by atoms with E-state index in [9.17, 15) is 0 Å². The molecule has 1 aromatic rings. The number of aromatic nitrogens is 1. The molecule has 1 rings (SSSR count). The molecule has 0 aromatic carbocycles. The lowest BCUT2D eigenvalue weighted by Crippen LogP contribution is -2.38. The molecule has 1 aromatic heterocycles. The van der Waals surface area contributed by atoms with Gasteiger partial charge in [-0.1, -0.05) is 0 Å². The van der Waals surface area contributed by atoms with E-state index in [-0.39, 0.29) is 10.8 Å². The summed E-state index contributed by atoms with van der Waals surface area (Å²) in [6.45, 7) is 4.74. The Morgan fingerprint density at radius 2 is 2.36 bits per heavy atom. The van der Waals surface area contributed by atoms with E-state index < -0.39 is 0 Å². The lowest BCUT2D eigenvalue weighted by molar-refractivity contribution is 0.500. The third-order valence-corrected chi connectivity index (χ3v) is 4.06. The van der Waals surface area contributed by atoms with Crippen LogP contribution in [0.3, 0.4) is 0 Å². The maximum atomic E-state index is 6.11. The van der Waals surface area contributed by atoms with Gasteiger partial charge in [0.1, 0.15) is 0 Å². The van der Waals surface area contributed by atoms with E-state index in [0.29, 0.717) is 6.54 Å². The predicted octanol–water partition coefficient (Wildman–Crippen LogP) is 1.61. The van der Waals surface area contributed by atoms with Crippen molar-refractivity contribution in [2.45, 2.75) is 24.6 Å². The average molecular weight is 231 g/mol. The van der Waals surface area contributed by atoms with Gasteiger partial charge in [0.25, 0.3) is 0 Å². The van der Waals surface area contributed by atoms with Gasteiger partial charge in [-0.25, -0.2) is 4.98 Å². The molecule has 80 valence electrons. The van der Waals surface area contributed by atoms with E-state index in [0.717, 1.165) is 11.4 Å². The van der Waals surface area contributed by atoms with Crippen molar-refractivity contribution >= 4 is 23.1 Å². The Labute approximate surface area is 93.3 Å². The van der Waals surface area contributed by atoms with E-state index in [1.54, 1.807) is 23.1 Å². The monoisotopic (exact) mass is 231 g/mol. The molecule has 1 heterocycles. The molecule has 0 saturated heterocycles. The van der Waals surface area contributed by atoms with Crippen LogP contribution in [0, 0.1) is 0 Å². The summed E-state index contributed by atoms with van der Waals surface area (Å²) in [7, 11) is 0. The van der Waals surface area contributed by atoms with Crippen LogP contribution >= 0.6 is 23.1 Å². The SMILES string of the molecule is CC(C)(N)C(SCCN)c1cscn1. The summed E-state index contributed by atoms with van der Waals surface area (Å²) in [4.78, 5) is 4.31. The summed E-state index contributed by atoms with van der Waals surface area (Å²) >= 11 is 3.39. The lowest BCUT2D eigenvalue weighted by atomic mass is 10.00. The minimum absolute atomic E-state index is 0.234. The molecule has 14 heavy (non-hydrogen) atoms. The van der Waals surface area contributed by atoms with Crippen LogP contribution in [0.15, 0.2) is 10.9 Å². The normalized spacial score (nSPS) is 14.3. The van der Waals surface area contributed by atoms with Crippen LogP contribution in [-0.4, -0.2) is 22.8 Å². The van der Waals surface area contributed by atoms with Gasteiger partial charge in [0, 0.05) is 23.2 Å². The Balaban J connectivity index is 2.73. The Morgan fingerprint density at radius 1 is 1.64 bits per heavy atom. The first-order valence-corrected chi connectivity index (χ1v) is 6.53. The largest absolute Gasteiger partial charge is 0.330 e. The number of hydrogen-bond donors (Lipinski definition) is 2. The minimum atomic E-state index is -0.256. The molecular weight excluding hydrogens is 214 g/mol. The smallest absolute Gasteiger partial charge is 0.0795 e. The summed E-state index contributed by atoms with van der Waals surface area (Å²) < 4.78 is 0. The molecule has 1 unspecified atom stereocenters. The highest BCUT2D eigenvalue weighted by atomic mass is 32.2. The second kappa shape index (κ2) is 5.11. The summed E-state index contributed by atoms with van der Waals surface area (Å²) in [6.07, 6.45) is 0. The molecule has 0 radical (unpaired) electrons. The van der Waals surface area contributed by atoms with Crippen molar-refractivity contribution in [1.82, 2.24) is 4.98 Å². The fraction of sp³-hybridized carbons (Fsp3) is 0.667. The van der Waals surface area contributed by atoms with Gasteiger partial charge in [0.15, 0.2) is 0 Å². The summed E-state index contributed by atoms with van der Waals surface area (Å²) in [5.74, 6) is 0.919. The van der Waals surface area contributed by atoms with Crippen molar-refractivity contribution < 1.29 is 0 Å². The third-order valence-electron chi connectivity index (χ3n) is 1.80. The lowest BCUT2D eigenvalue weighted by Gasteiger charge is -2.28. The van der Waals surface area contributed by atoms with Crippen molar-refractivity contribution in [2.24, 2.45) is 11.5 Å². The van der Waals surface area contributed by atoms with E-state index in [1.165, 1.54) is 0 Å². The van der Waals surface area contributed by atoms with Gasteiger partial charge < -0.3 is 11.5 Å². The molecule has 0 bridgehead atoms. The van der Waals surface area contributed by atoms with E-state index in [1.807, 2.05) is 19.4 Å². The molecule has 5 heteroatoms. The zero-order valence-electron chi connectivity index (χ0n) is 8.56. The van der Waals surface area contributed by atoms with Gasteiger partial charge >= 0.3 is 0 Å². The van der Waals surface area contributed by atoms with Crippen LogP contribution in [-0.2, 0) is 0 Å². The summed E-state index contributed by atoms with van der Waals surface area (Å²) in [5, 5.41) is 2.29. The molecule has 0 spiro atoms. The highest BCUT2D eigenvalue weighted by Gasteiger charge is 2.28. The fourth-order valence-electron chi connectivity index (χ4n) is 1.22. The van der Waals surface area contributed by atoms with Crippen LogP contribution < -0.4 is 11.5 Å². The van der Waals surface area contributed by atoms with Gasteiger partial charge in [-0.05, 0) is 13.8 Å². The van der Waals surface area contributed by atoms with Gasteiger partial charge in [0.05, 0.1) is 16.5 Å². The van der Waals surface area contributed by atoms with Crippen molar-refractivity contribution in [3.05, 3.63) is 16.6 Å². The topological polar surface area (TPSA) is 64.9 Å². The van der Waals surface area contributed by atoms with Crippen LogP contribution in [0.4, 0.5) is 0 Å². The van der Waals surface area contributed by atoms with E-state index in [4.69, 9.17) is 11.5 Å². The average Bonchev–Trinajstić information content (AvgIpc) is 2.55. The molecule has 4 N–H and O–H groups in total. The molecule has 0 aliphatic heterocycles. The van der Waals surface area contributed by atoms with Crippen LogP contribution in [0.25, 0.3) is 0 Å². The van der Waals surface area contributed by atoms with Crippen molar-refractivity contribution in [3.63, 3.8) is 0 Å². The summed E-state index contributed by atoms with van der Waals surface area (Å²) in [5.41, 5.74) is 14.3. The number of hydrogen-bond acceptors (Lipinski definition) is 5. The Hall–Kier alpha value is -0.100. The minimum Gasteiger partial charge on any atom is -0.330 e. The van der Waals surface area contributed by atoms with Crippen LogP contribution in [0.2, 0.25) is 0 Å². The van der Waals surface area contributed by atoms with Crippen molar-refractivity contribution in [2.75, 3.05) is 12.3 Å². The molecule has 0 fully saturated rings. The zero-order valence-corrected chi connectivity index (χ0v) is 10.2. The summed E-state index contributed by atoms with van der Waals surface area (Å²) in [6, 6.07) is 0. The predicted molar refractivity (Wildman–Crippen MR) is 64.6 cm³/mol. The number of thioether (sulfide) groups is 1. The van der Waals surface area contributed by atoms with E-state index in [2.05, 4.69) is 10.4 Å². The number of thiazole rings is 1. The molecule has 0 amide bonds. The first-order chi connectivity index (χ1) is 6.55. The Morgan fingerprint density at radius 3 is 2.79 bits per heavy atom. The second-order valence-electron chi connectivity index (χ2n) is 3.77. The quantitative estimate of drug-likeness (QED) is 0.808. The maximum Gasteiger partial charge on any atom is 0.0795 e. The standard InChI is InChI=1S/C9H17N3S2/c1-9(2,11)8(14-4-3-10)7-5-13-6-12-7/h5-6,8H,3-4,10-11H2,1-2H3. The van der Waals surface area contributed by atoms with Crippen LogP contribution in [0.1, 0.15) is 24.8 Å². The molecule has 1 atom stereocenters. The highest BCUT2D eigenvalue weighted by molar-refractivity contribution is 7.99. The van der Waals surface area contributed by atoms with Gasteiger partial charge in [-0.2, -0.15) is 0 Å². The first kappa shape index (κ1) is 12.0.